The minimum atomic E-state index is 0.104. The highest BCUT2D eigenvalue weighted by Gasteiger charge is 2.22. The molecule has 1 aliphatic rings. The van der Waals surface area contributed by atoms with Crippen LogP contribution in [0.4, 0.5) is 0 Å². The summed E-state index contributed by atoms with van der Waals surface area (Å²) in [6, 6.07) is 9.90. The van der Waals surface area contributed by atoms with Crippen molar-refractivity contribution >= 4 is 16.8 Å². The number of benzene rings is 1. The Balaban J connectivity index is 1.43. The predicted molar refractivity (Wildman–Crippen MR) is 100.0 cm³/mol. The van der Waals surface area contributed by atoms with Gasteiger partial charge in [-0.15, -0.1) is 0 Å². The van der Waals surface area contributed by atoms with Crippen LogP contribution in [0.1, 0.15) is 35.2 Å². The number of nitrogens with one attached hydrogen (secondary N) is 1. The molecule has 0 saturated carbocycles. The zero-order valence-corrected chi connectivity index (χ0v) is 15.1. The molecular formula is C20H24N4O2. The lowest BCUT2D eigenvalue weighted by atomic mass is 10.1. The van der Waals surface area contributed by atoms with Crippen LogP contribution in [0.5, 0.6) is 0 Å². The maximum Gasteiger partial charge on any atom is 0.256 e. The fraction of sp³-hybridized carbons (Fsp3) is 0.400. The molecule has 0 aliphatic carbocycles. The lowest BCUT2D eigenvalue weighted by Crippen LogP contribution is -2.35. The van der Waals surface area contributed by atoms with Gasteiger partial charge in [0.05, 0.1) is 23.3 Å². The fourth-order valence-corrected chi connectivity index (χ4v) is 3.58. The number of rotatable bonds is 4. The van der Waals surface area contributed by atoms with Gasteiger partial charge in [-0.25, -0.2) is 0 Å². The van der Waals surface area contributed by atoms with E-state index in [9.17, 15) is 4.79 Å². The van der Waals surface area contributed by atoms with E-state index in [1.165, 1.54) is 0 Å². The number of hydrogen-bond donors (Lipinski definition) is 1. The number of fused-ring (bicyclic) bond motifs is 1. The normalized spacial score (nSPS) is 16.1. The minimum absolute atomic E-state index is 0.104. The van der Waals surface area contributed by atoms with Crippen molar-refractivity contribution in [2.75, 3.05) is 26.2 Å². The molecule has 2 aromatic heterocycles. The summed E-state index contributed by atoms with van der Waals surface area (Å²) in [5, 5.41) is 5.13. The largest absolute Gasteiger partial charge is 0.361 e. The smallest absolute Gasteiger partial charge is 0.256 e. The Morgan fingerprint density at radius 3 is 3.00 bits per heavy atom. The molecule has 0 spiro atoms. The summed E-state index contributed by atoms with van der Waals surface area (Å²) >= 11 is 0. The third kappa shape index (κ3) is 3.37. The van der Waals surface area contributed by atoms with Crippen molar-refractivity contribution in [1.82, 2.24) is 19.9 Å². The Morgan fingerprint density at radius 2 is 2.15 bits per heavy atom. The number of para-hydroxylation sites is 1. The molecule has 6 nitrogen and oxygen atoms in total. The number of aromatic nitrogens is 2. The Morgan fingerprint density at radius 1 is 1.23 bits per heavy atom. The number of amides is 1. The van der Waals surface area contributed by atoms with Crippen LogP contribution in [0.3, 0.4) is 0 Å². The second kappa shape index (κ2) is 7.33. The first kappa shape index (κ1) is 16.8. The van der Waals surface area contributed by atoms with Crippen molar-refractivity contribution < 1.29 is 9.32 Å². The molecule has 3 aromatic rings. The van der Waals surface area contributed by atoms with Crippen molar-refractivity contribution in [3.63, 3.8) is 0 Å². The Hall–Kier alpha value is -2.60. The van der Waals surface area contributed by atoms with Crippen molar-refractivity contribution in [3.8, 4) is 0 Å². The van der Waals surface area contributed by atoms with Gasteiger partial charge in [0.25, 0.3) is 5.91 Å². The molecule has 1 N–H and O–H groups in total. The standard InChI is InChI=1S/C20H24N4O2/c1-2-16-13-17(26-22-16)14-23-9-4-10-24(12-11-23)20(25)18-6-3-5-15-7-8-21-19(15)18/h3,5-8,13,21H,2,4,9-12,14H2,1H3. The van der Waals surface area contributed by atoms with Gasteiger partial charge in [-0.3, -0.25) is 9.69 Å². The number of aryl methyl sites for hydroxylation is 1. The second-order valence-electron chi connectivity index (χ2n) is 6.81. The van der Waals surface area contributed by atoms with Gasteiger partial charge < -0.3 is 14.4 Å². The highest BCUT2D eigenvalue weighted by molar-refractivity contribution is 6.05. The van der Waals surface area contributed by atoms with Gasteiger partial charge in [-0.2, -0.15) is 0 Å². The van der Waals surface area contributed by atoms with Gasteiger partial charge in [0.15, 0.2) is 5.76 Å². The van der Waals surface area contributed by atoms with E-state index in [4.69, 9.17) is 4.52 Å². The Kier molecular flexibility index (Phi) is 4.75. The van der Waals surface area contributed by atoms with E-state index in [0.29, 0.717) is 0 Å². The molecule has 1 saturated heterocycles. The molecule has 1 fully saturated rings. The van der Waals surface area contributed by atoms with E-state index in [2.05, 4.69) is 22.0 Å². The minimum Gasteiger partial charge on any atom is -0.361 e. The van der Waals surface area contributed by atoms with Gasteiger partial charge in [0.2, 0.25) is 0 Å². The number of H-pyrrole nitrogens is 1. The second-order valence-corrected chi connectivity index (χ2v) is 6.81. The highest BCUT2D eigenvalue weighted by Crippen LogP contribution is 2.20. The summed E-state index contributed by atoms with van der Waals surface area (Å²) in [5.74, 6) is 1.01. The number of carbonyl (C=O) groups is 1. The summed E-state index contributed by atoms with van der Waals surface area (Å²) < 4.78 is 5.41. The summed E-state index contributed by atoms with van der Waals surface area (Å²) in [6.45, 7) is 6.13. The van der Waals surface area contributed by atoms with Crippen LogP contribution in [-0.2, 0) is 13.0 Å². The third-order valence-electron chi connectivity index (χ3n) is 5.04. The lowest BCUT2D eigenvalue weighted by molar-refractivity contribution is 0.0762. The number of carbonyl (C=O) groups excluding carboxylic acids is 1. The Bertz CT molecular complexity index is 898. The van der Waals surface area contributed by atoms with Gasteiger partial charge in [0.1, 0.15) is 0 Å². The summed E-state index contributed by atoms with van der Waals surface area (Å²) in [6.07, 6.45) is 3.73. The third-order valence-corrected chi connectivity index (χ3v) is 5.04. The van der Waals surface area contributed by atoms with Gasteiger partial charge >= 0.3 is 0 Å². The number of aromatic amines is 1. The zero-order valence-electron chi connectivity index (χ0n) is 15.1. The van der Waals surface area contributed by atoms with Crippen LogP contribution < -0.4 is 0 Å². The van der Waals surface area contributed by atoms with Crippen molar-refractivity contribution in [3.05, 3.63) is 53.5 Å². The molecule has 26 heavy (non-hydrogen) atoms. The van der Waals surface area contributed by atoms with Crippen LogP contribution in [0.2, 0.25) is 0 Å². The average molecular weight is 352 g/mol. The molecule has 0 unspecified atom stereocenters. The maximum absolute atomic E-state index is 13.0. The van der Waals surface area contributed by atoms with Gasteiger partial charge in [-0.1, -0.05) is 24.2 Å². The predicted octanol–water partition coefficient (Wildman–Crippen LogP) is 3.07. The fourth-order valence-electron chi connectivity index (χ4n) is 3.58. The quantitative estimate of drug-likeness (QED) is 0.784. The van der Waals surface area contributed by atoms with Crippen LogP contribution in [-0.4, -0.2) is 52.0 Å². The summed E-state index contributed by atoms with van der Waals surface area (Å²) in [5.41, 5.74) is 2.67. The van der Waals surface area contributed by atoms with E-state index in [1.54, 1.807) is 0 Å². The van der Waals surface area contributed by atoms with Gasteiger partial charge in [-0.05, 0) is 25.0 Å². The van der Waals surface area contributed by atoms with E-state index < -0.39 is 0 Å². The first-order valence-electron chi connectivity index (χ1n) is 9.27. The average Bonchev–Trinajstić information content (AvgIpc) is 3.26. The van der Waals surface area contributed by atoms with Crippen LogP contribution in [0.15, 0.2) is 41.1 Å². The van der Waals surface area contributed by atoms with E-state index in [1.807, 2.05) is 41.4 Å². The SMILES string of the molecule is CCc1cc(CN2CCCN(C(=O)c3cccc4cc[nH]c34)CC2)on1. The molecule has 6 heteroatoms. The maximum atomic E-state index is 13.0. The molecule has 1 aromatic carbocycles. The molecule has 1 aliphatic heterocycles. The monoisotopic (exact) mass is 352 g/mol. The molecule has 0 bridgehead atoms. The van der Waals surface area contributed by atoms with Crippen molar-refractivity contribution in [1.29, 1.82) is 0 Å². The molecule has 136 valence electrons. The zero-order chi connectivity index (χ0) is 17.9. The van der Waals surface area contributed by atoms with Gasteiger partial charge in [0, 0.05) is 43.8 Å². The first-order chi connectivity index (χ1) is 12.7. The molecule has 1 amide bonds. The van der Waals surface area contributed by atoms with Crippen molar-refractivity contribution in [2.45, 2.75) is 26.3 Å². The van der Waals surface area contributed by atoms with E-state index >= 15 is 0 Å². The highest BCUT2D eigenvalue weighted by atomic mass is 16.5. The van der Waals surface area contributed by atoms with Crippen LogP contribution >= 0.6 is 0 Å². The van der Waals surface area contributed by atoms with E-state index in [0.717, 1.165) is 73.5 Å². The molecule has 4 rings (SSSR count). The summed E-state index contributed by atoms with van der Waals surface area (Å²) in [7, 11) is 0. The van der Waals surface area contributed by atoms with Crippen LogP contribution in [0.25, 0.3) is 10.9 Å². The lowest BCUT2D eigenvalue weighted by Gasteiger charge is -2.21. The van der Waals surface area contributed by atoms with E-state index in [-0.39, 0.29) is 5.91 Å². The molecular weight excluding hydrogens is 328 g/mol. The summed E-state index contributed by atoms with van der Waals surface area (Å²) in [4.78, 5) is 20.5. The number of hydrogen-bond acceptors (Lipinski definition) is 4. The van der Waals surface area contributed by atoms with Crippen molar-refractivity contribution in [2.24, 2.45) is 0 Å². The first-order valence-corrected chi connectivity index (χ1v) is 9.27. The molecule has 0 radical (unpaired) electrons. The molecule has 0 atom stereocenters. The van der Waals surface area contributed by atoms with Crippen LogP contribution in [0, 0.1) is 0 Å². The molecule has 3 heterocycles. The Labute approximate surface area is 152 Å². The topological polar surface area (TPSA) is 65.4 Å². The number of nitrogens with zero attached hydrogens (tertiary/aromatic N) is 3.